The van der Waals surface area contributed by atoms with Crippen LogP contribution in [0.15, 0.2) is 97.1 Å². The second kappa shape index (κ2) is 9.09. The molecule has 0 bridgehead atoms. The zero-order valence-corrected chi connectivity index (χ0v) is 18.1. The van der Waals surface area contributed by atoms with E-state index < -0.39 is 5.79 Å². The van der Waals surface area contributed by atoms with Crippen LogP contribution in [0.25, 0.3) is 0 Å². The van der Waals surface area contributed by atoms with Crippen LogP contribution in [0.3, 0.4) is 0 Å². The van der Waals surface area contributed by atoms with Gasteiger partial charge < -0.3 is 19.3 Å². The second-order valence-corrected chi connectivity index (χ2v) is 7.85. The third kappa shape index (κ3) is 4.29. The first-order valence-electron chi connectivity index (χ1n) is 10.8. The zero-order valence-electron chi connectivity index (χ0n) is 18.1. The van der Waals surface area contributed by atoms with Crippen molar-refractivity contribution in [3.05, 3.63) is 125 Å². The maximum atomic E-state index is 13.1. The predicted molar refractivity (Wildman–Crippen MR) is 124 cm³/mol. The highest BCUT2D eigenvalue weighted by molar-refractivity contribution is 6.09. The summed E-state index contributed by atoms with van der Waals surface area (Å²) in [6.07, 6.45) is 0. The summed E-state index contributed by atoms with van der Waals surface area (Å²) in [6.45, 7) is 0.921. The minimum absolute atomic E-state index is 0.172. The van der Waals surface area contributed by atoms with Crippen LogP contribution >= 0.6 is 0 Å². The molecule has 4 aromatic rings. The molecule has 1 aliphatic heterocycles. The van der Waals surface area contributed by atoms with Gasteiger partial charge in [0.1, 0.15) is 23.1 Å². The number of ketones is 1. The molecule has 0 amide bonds. The molecule has 4 aromatic carbocycles. The Hall–Kier alpha value is -4.00. The number of carbonyl (C=O) groups excluding carboxylic acids is 1. The van der Waals surface area contributed by atoms with Gasteiger partial charge in [0.25, 0.3) is 0 Å². The quantitative estimate of drug-likeness (QED) is 0.372. The van der Waals surface area contributed by atoms with Crippen LogP contribution in [-0.2, 0) is 15.3 Å². The van der Waals surface area contributed by atoms with Gasteiger partial charge in [-0.1, -0.05) is 0 Å². The fourth-order valence-corrected chi connectivity index (χ4v) is 3.91. The topological polar surface area (TPSA) is 65.0 Å². The van der Waals surface area contributed by atoms with Gasteiger partial charge in [-0.15, -0.1) is 0 Å². The largest absolute Gasteiger partial charge is 0.508 e. The average Bonchev–Trinajstić information content (AvgIpc) is 3.37. The molecule has 34 heavy (non-hydrogen) atoms. The van der Waals surface area contributed by atoms with E-state index in [2.05, 4.69) is 0 Å². The Bertz CT molecular complexity index is 1270. The number of carbonyl (C=O) groups is 1. The van der Waals surface area contributed by atoms with Crippen LogP contribution in [0.2, 0.25) is 0 Å². The molecule has 1 aliphatic rings. The van der Waals surface area contributed by atoms with Gasteiger partial charge in [0.05, 0.1) is 13.2 Å². The SMILES string of the molecule is O=C(c1ccc(F)cc1)c1ccc(Oc2ccc(C3(c4ccc(O)cc4)OCCO3)cc2)cc1. The van der Waals surface area contributed by atoms with Crippen LogP contribution in [0, 0.1) is 5.82 Å². The predicted octanol–water partition coefficient (Wildman–Crippen LogP) is 5.80. The highest BCUT2D eigenvalue weighted by Gasteiger charge is 2.40. The van der Waals surface area contributed by atoms with Crippen molar-refractivity contribution in [3.63, 3.8) is 0 Å². The Kier molecular flexibility index (Phi) is 5.84. The maximum absolute atomic E-state index is 13.1. The van der Waals surface area contributed by atoms with Crippen LogP contribution in [0.4, 0.5) is 4.39 Å². The fourth-order valence-electron chi connectivity index (χ4n) is 3.91. The average molecular weight is 456 g/mol. The van der Waals surface area contributed by atoms with Gasteiger partial charge in [0.2, 0.25) is 5.79 Å². The third-order valence-corrected chi connectivity index (χ3v) is 5.63. The molecule has 0 saturated carbocycles. The molecule has 0 aromatic heterocycles. The first kappa shape index (κ1) is 21.8. The number of benzene rings is 4. The monoisotopic (exact) mass is 456 g/mol. The number of phenolic OH excluding ortho intramolecular Hbond substituents is 1. The summed E-state index contributed by atoms with van der Waals surface area (Å²) in [7, 11) is 0. The number of halogens is 1. The number of aromatic hydroxyl groups is 1. The van der Waals surface area contributed by atoms with Gasteiger partial charge >= 0.3 is 0 Å². The van der Waals surface area contributed by atoms with Crippen molar-refractivity contribution in [2.45, 2.75) is 5.79 Å². The first-order chi connectivity index (χ1) is 16.5. The molecule has 0 unspecified atom stereocenters. The van der Waals surface area contributed by atoms with Crippen molar-refractivity contribution < 1.29 is 28.5 Å². The summed E-state index contributed by atoms with van der Waals surface area (Å²) in [5.41, 5.74) is 2.51. The minimum Gasteiger partial charge on any atom is -0.508 e. The Morgan fingerprint density at radius 3 is 1.68 bits per heavy atom. The lowest BCUT2D eigenvalue weighted by molar-refractivity contribution is -0.129. The van der Waals surface area contributed by atoms with E-state index in [1.807, 2.05) is 24.3 Å². The van der Waals surface area contributed by atoms with E-state index in [1.54, 1.807) is 48.5 Å². The summed E-state index contributed by atoms with van der Waals surface area (Å²) in [5.74, 6) is -0.246. The second-order valence-electron chi connectivity index (χ2n) is 7.85. The number of rotatable bonds is 6. The molecule has 1 fully saturated rings. The Morgan fingerprint density at radius 1 is 0.706 bits per heavy atom. The Morgan fingerprint density at radius 2 is 1.15 bits per heavy atom. The highest BCUT2D eigenvalue weighted by atomic mass is 19.1. The lowest BCUT2D eigenvalue weighted by Crippen LogP contribution is -2.28. The normalized spacial score (nSPS) is 14.6. The summed E-state index contributed by atoms with van der Waals surface area (Å²) < 4.78 is 31.0. The minimum atomic E-state index is -1.03. The molecule has 1 saturated heterocycles. The molecule has 1 heterocycles. The number of hydrogen-bond acceptors (Lipinski definition) is 5. The lowest BCUT2D eigenvalue weighted by Gasteiger charge is -2.28. The summed E-state index contributed by atoms with van der Waals surface area (Å²) in [5, 5.41) is 9.62. The van der Waals surface area contributed by atoms with Gasteiger partial charge in [0, 0.05) is 22.3 Å². The molecule has 6 heteroatoms. The van der Waals surface area contributed by atoms with E-state index in [4.69, 9.17) is 14.2 Å². The molecular formula is C28H21FO5. The smallest absolute Gasteiger partial charge is 0.222 e. The Labute approximate surface area is 196 Å². The van der Waals surface area contributed by atoms with Crippen LogP contribution < -0.4 is 4.74 Å². The van der Waals surface area contributed by atoms with Crippen molar-refractivity contribution in [2.24, 2.45) is 0 Å². The van der Waals surface area contributed by atoms with Crippen molar-refractivity contribution in [3.8, 4) is 17.2 Å². The maximum Gasteiger partial charge on any atom is 0.222 e. The van der Waals surface area contributed by atoms with E-state index in [9.17, 15) is 14.3 Å². The standard InChI is InChI=1S/C28H21FO5/c29-23-9-1-19(2-10-23)27(31)20-3-13-25(14-4-20)34-26-15-7-22(8-16-26)28(32-17-18-33-28)21-5-11-24(30)12-6-21/h1-16,30H,17-18H2. The van der Waals surface area contributed by atoms with Crippen molar-refractivity contribution >= 4 is 5.78 Å². The van der Waals surface area contributed by atoms with Crippen LogP contribution in [0.1, 0.15) is 27.0 Å². The lowest BCUT2D eigenvalue weighted by atomic mass is 9.97. The highest BCUT2D eigenvalue weighted by Crippen LogP contribution is 2.39. The van der Waals surface area contributed by atoms with Gasteiger partial charge in [-0.05, 0) is 97.1 Å². The van der Waals surface area contributed by atoms with Crippen molar-refractivity contribution in [1.29, 1.82) is 0 Å². The van der Waals surface area contributed by atoms with E-state index in [0.717, 1.165) is 11.1 Å². The fraction of sp³-hybridized carbons (Fsp3) is 0.107. The Balaban J connectivity index is 1.31. The van der Waals surface area contributed by atoms with Gasteiger partial charge in [-0.3, -0.25) is 4.79 Å². The van der Waals surface area contributed by atoms with E-state index in [1.165, 1.54) is 24.3 Å². The zero-order chi connectivity index (χ0) is 23.5. The van der Waals surface area contributed by atoms with Crippen LogP contribution in [-0.4, -0.2) is 24.1 Å². The van der Waals surface area contributed by atoms with E-state index in [0.29, 0.717) is 35.8 Å². The van der Waals surface area contributed by atoms with Gasteiger partial charge in [0.15, 0.2) is 5.78 Å². The molecular weight excluding hydrogens is 435 g/mol. The van der Waals surface area contributed by atoms with E-state index in [-0.39, 0.29) is 17.3 Å². The molecule has 0 radical (unpaired) electrons. The number of hydrogen-bond donors (Lipinski definition) is 1. The number of phenols is 1. The number of ether oxygens (including phenoxy) is 3. The van der Waals surface area contributed by atoms with Crippen LogP contribution in [0.5, 0.6) is 17.2 Å². The third-order valence-electron chi connectivity index (χ3n) is 5.63. The van der Waals surface area contributed by atoms with Gasteiger partial charge in [-0.2, -0.15) is 0 Å². The molecule has 0 atom stereocenters. The molecule has 5 rings (SSSR count). The first-order valence-corrected chi connectivity index (χ1v) is 10.8. The van der Waals surface area contributed by atoms with Crippen molar-refractivity contribution in [2.75, 3.05) is 13.2 Å². The molecule has 5 nitrogen and oxygen atoms in total. The molecule has 0 spiro atoms. The molecule has 0 aliphatic carbocycles. The molecule has 1 N–H and O–H groups in total. The van der Waals surface area contributed by atoms with Gasteiger partial charge in [-0.25, -0.2) is 4.39 Å². The summed E-state index contributed by atoms with van der Waals surface area (Å²) >= 11 is 0. The summed E-state index contributed by atoms with van der Waals surface area (Å²) in [6, 6.07) is 26.4. The molecule has 170 valence electrons. The van der Waals surface area contributed by atoms with E-state index >= 15 is 0 Å². The van der Waals surface area contributed by atoms with Crippen molar-refractivity contribution in [1.82, 2.24) is 0 Å². The summed E-state index contributed by atoms with van der Waals surface area (Å²) in [4.78, 5) is 12.6.